The molecule has 8 nitrogen and oxygen atoms in total. The lowest BCUT2D eigenvalue weighted by molar-refractivity contribution is -0.384. The second kappa shape index (κ2) is 9.03. The quantitative estimate of drug-likeness (QED) is 0.235. The number of carbonyl (C=O) groups is 1. The Hall–Kier alpha value is -3.60. The lowest BCUT2D eigenvalue weighted by Gasteiger charge is -2.10. The maximum absolute atomic E-state index is 11.8. The zero-order chi connectivity index (χ0) is 18.9. The number of hydrogen-bond donors (Lipinski definition) is 0. The summed E-state index contributed by atoms with van der Waals surface area (Å²) in [4.78, 5) is 21.8. The molecule has 0 aliphatic carbocycles. The minimum absolute atomic E-state index is 0.0745. The van der Waals surface area contributed by atoms with Crippen LogP contribution >= 0.6 is 0 Å². The number of hydrogen-bond acceptors (Lipinski definition) is 7. The maximum atomic E-state index is 11.8. The summed E-state index contributed by atoms with van der Waals surface area (Å²) in [6.07, 6.45) is 0.532. The third-order valence-electron chi connectivity index (χ3n) is 3.35. The Morgan fingerprint density at radius 1 is 1.19 bits per heavy atom. The Morgan fingerprint density at radius 3 is 2.54 bits per heavy atom. The minimum Gasteiger partial charge on any atom is -0.493 e. The lowest BCUT2D eigenvalue weighted by atomic mass is 10.2. The second-order valence-electron chi connectivity index (χ2n) is 5.15. The molecule has 0 atom stereocenters. The van der Waals surface area contributed by atoms with E-state index in [1.165, 1.54) is 31.4 Å². The molecule has 0 aromatic heterocycles. The summed E-state index contributed by atoms with van der Waals surface area (Å²) in [7, 11) is 1.48. The van der Waals surface area contributed by atoms with E-state index in [0.29, 0.717) is 23.5 Å². The van der Waals surface area contributed by atoms with Crippen LogP contribution in [0.5, 0.6) is 17.2 Å². The molecule has 2 aromatic carbocycles. The molecule has 0 saturated carbocycles. The predicted octanol–water partition coefficient (Wildman–Crippen LogP) is 3.24. The normalized spacial score (nSPS) is 9.85. The van der Waals surface area contributed by atoms with Gasteiger partial charge in [0.1, 0.15) is 5.75 Å². The number of carbonyl (C=O) groups excluding carboxylic acids is 1. The van der Waals surface area contributed by atoms with Crippen molar-refractivity contribution in [1.29, 1.82) is 5.26 Å². The van der Waals surface area contributed by atoms with Crippen LogP contribution in [0, 0.1) is 21.4 Å². The SMILES string of the molecule is COc1cc(C#N)ccc1OCCCC(=O)Oc1ccc([N+](=O)[O-])cc1. The first-order chi connectivity index (χ1) is 12.5. The van der Waals surface area contributed by atoms with E-state index < -0.39 is 10.9 Å². The van der Waals surface area contributed by atoms with Crippen molar-refractivity contribution in [3.05, 3.63) is 58.1 Å². The molecule has 0 heterocycles. The summed E-state index contributed by atoms with van der Waals surface area (Å²) in [6.45, 7) is 0.262. The van der Waals surface area contributed by atoms with E-state index in [-0.39, 0.29) is 24.5 Å². The maximum Gasteiger partial charge on any atom is 0.311 e. The van der Waals surface area contributed by atoms with E-state index in [1.807, 2.05) is 6.07 Å². The first-order valence-electron chi connectivity index (χ1n) is 7.69. The van der Waals surface area contributed by atoms with Crippen LogP contribution in [-0.2, 0) is 4.79 Å². The fraction of sp³-hybridized carbons (Fsp3) is 0.222. The Kier molecular flexibility index (Phi) is 6.51. The molecule has 0 radical (unpaired) electrons. The van der Waals surface area contributed by atoms with E-state index in [9.17, 15) is 14.9 Å². The van der Waals surface area contributed by atoms with Gasteiger partial charge in [-0.15, -0.1) is 0 Å². The highest BCUT2D eigenvalue weighted by molar-refractivity contribution is 5.72. The van der Waals surface area contributed by atoms with E-state index >= 15 is 0 Å². The highest BCUT2D eigenvalue weighted by Gasteiger charge is 2.09. The van der Waals surface area contributed by atoms with Crippen molar-refractivity contribution in [3.8, 4) is 23.3 Å². The van der Waals surface area contributed by atoms with Gasteiger partial charge in [-0.1, -0.05) is 0 Å². The number of rotatable bonds is 8. The van der Waals surface area contributed by atoms with Gasteiger partial charge in [-0.2, -0.15) is 5.26 Å². The zero-order valence-corrected chi connectivity index (χ0v) is 14.0. The molecule has 0 bridgehead atoms. The summed E-state index contributed by atoms with van der Waals surface area (Å²) in [6, 6.07) is 12.1. The average molecular weight is 356 g/mol. The van der Waals surface area contributed by atoms with Crippen molar-refractivity contribution in [2.75, 3.05) is 13.7 Å². The molecule has 0 aliphatic heterocycles. The standard InChI is InChI=1S/C18H16N2O6/c1-24-17-11-13(12-19)4-9-16(17)25-10-2-3-18(21)26-15-7-5-14(6-8-15)20(22)23/h4-9,11H,2-3,10H2,1H3. The van der Waals surface area contributed by atoms with Gasteiger partial charge in [0.15, 0.2) is 11.5 Å². The molecule has 8 heteroatoms. The number of non-ortho nitro benzene ring substituents is 1. The van der Waals surface area contributed by atoms with Gasteiger partial charge >= 0.3 is 5.97 Å². The highest BCUT2D eigenvalue weighted by Crippen LogP contribution is 2.28. The molecule has 0 fully saturated rings. The van der Waals surface area contributed by atoms with E-state index in [0.717, 1.165) is 0 Å². The number of benzene rings is 2. The molecule has 2 aromatic rings. The smallest absolute Gasteiger partial charge is 0.311 e. The molecule has 134 valence electrons. The predicted molar refractivity (Wildman–Crippen MR) is 91.2 cm³/mol. The number of nitrogens with zero attached hydrogens (tertiary/aromatic N) is 2. The van der Waals surface area contributed by atoms with Crippen LogP contribution < -0.4 is 14.2 Å². The van der Waals surface area contributed by atoms with E-state index in [2.05, 4.69) is 0 Å². The number of nitro benzene ring substituents is 1. The van der Waals surface area contributed by atoms with Crippen LogP contribution in [0.4, 0.5) is 5.69 Å². The van der Waals surface area contributed by atoms with Crippen LogP contribution in [0.25, 0.3) is 0 Å². The van der Waals surface area contributed by atoms with Crippen LogP contribution in [0.2, 0.25) is 0 Å². The van der Waals surface area contributed by atoms with Crippen LogP contribution in [0.3, 0.4) is 0 Å². The van der Waals surface area contributed by atoms with E-state index in [1.54, 1.807) is 18.2 Å². The van der Waals surface area contributed by atoms with Gasteiger partial charge in [-0.3, -0.25) is 14.9 Å². The summed E-state index contributed by atoms with van der Waals surface area (Å²) < 4.78 is 15.8. The molecule has 0 unspecified atom stereocenters. The Balaban J connectivity index is 1.78. The first-order valence-corrected chi connectivity index (χ1v) is 7.69. The van der Waals surface area contributed by atoms with Crippen molar-refractivity contribution in [2.45, 2.75) is 12.8 Å². The molecule has 0 spiro atoms. The topological polar surface area (TPSA) is 112 Å². The molecule has 2 rings (SSSR count). The van der Waals surface area contributed by atoms with Gasteiger partial charge in [0, 0.05) is 24.6 Å². The summed E-state index contributed by atoms with van der Waals surface area (Å²) >= 11 is 0. The molecule has 26 heavy (non-hydrogen) atoms. The van der Waals surface area contributed by atoms with E-state index in [4.69, 9.17) is 19.5 Å². The van der Waals surface area contributed by atoms with Crippen molar-refractivity contribution in [1.82, 2.24) is 0 Å². The largest absolute Gasteiger partial charge is 0.493 e. The third kappa shape index (κ3) is 5.21. The average Bonchev–Trinajstić information content (AvgIpc) is 2.65. The first kappa shape index (κ1) is 18.7. The number of nitriles is 1. The molecular formula is C18H16N2O6. The Bertz CT molecular complexity index is 827. The Morgan fingerprint density at radius 2 is 1.92 bits per heavy atom. The monoisotopic (exact) mass is 356 g/mol. The molecular weight excluding hydrogens is 340 g/mol. The van der Waals surface area contributed by atoms with Crippen molar-refractivity contribution in [3.63, 3.8) is 0 Å². The van der Waals surface area contributed by atoms with Gasteiger partial charge in [-0.25, -0.2) is 0 Å². The van der Waals surface area contributed by atoms with Crippen LogP contribution in [0.15, 0.2) is 42.5 Å². The third-order valence-corrected chi connectivity index (χ3v) is 3.35. The van der Waals surface area contributed by atoms with Crippen molar-refractivity contribution >= 4 is 11.7 Å². The minimum atomic E-state index is -0.527. The number of methoxy groups -OCH3 is 1. The van der Waals surface area contributed by atoms with Crippen molar-refractivity contribution < 1.29 is 23.9 Å². The van der Waals surface area contributed by atoms with Gasteiger partial charge in [-0.05, 0) is 30.7 Å². The molecule has 0 N–H and O–H groups in total. The molecule has 0 amide bonds. The van der Waals surface area contributed by atoms with Crippen LogP contribution in [-0.4, -0.2) is 24.6 Å². The fourth-order valence-electron chi connectivity index (χ4n) is 2.07. The van der Waals surface area contributed by atoms with Gasteiger partial charge < -0.3 is 14.2 Å². The van der Waals surface area contributed by atoms with Gasteiger partial charge in [0.25, 0.3) is 5.69 Å². The van der Waals surface area contributed by atoms with Crippen LogP contribution in [0.1, 0.15) is 18.4 Å². The summed E-state index contributed by atoms with van der Waals surface area (Å²) in [5.41, 5.74) is 0.385. The number of nitro groups is 1. The highest BCUT2D eigenvalue weighted by atomic mass is 16.6. The fourth-order valence-corrected chi connectivity index (χ4v) is 2.07. The van der Waals surface area contributed by atoms with Crippen molar-refractivity contribution in [2.24, 2.45) is 0 Å². The van der Waals surface area contributed by atoms with Gasteiger partial charge in [0.05, 0.1) is 30.3 Å². The summed E-state index contributed by atoms with van der Waals surface area (Å²) in [5, 5.41) is 19.4. The molecule has 0 saturated heterocycles. The Labute approximate surface area is 149 Å². The second-order valence-corrected chi connectivity index (χ2v) is 5.15. The lowest BCUT2D eigenvalue weighted by Crippen LogP contribution is -2.10. The molecule has 0 aliphatic rings. The summed E-state index contributed by atoms with van der Waals surface area (Å²) in [5.74, 6) is 0.706. The van der Waals surface area contributed by atoms with Gasteiger partial charge in [0.2, 0.25) is 0 Å². The zero-order valence-electron chi connectivity index (χ0n) is 14.0. The number of ether oxygens (including phenoxy) is 3. The number of esters is 1.